The molecule has 1 N–H and O–H groups in total. The Balaban J connectivity index is 1.24. The van der Waals surface area contributed by atoms with Gasteiger partial charge in [-0.1, -0.05) is 50.3 Å². The predicted octanol–water partition coefficient (Wildman–Crippen LogP) is 6.59. The van der Waals surface area contributed by atoms with Gasteiger partial charge in [-0.2, -0.15) is 0 Å². The molecular weight excluding hydrogens is 514 g/mol. The number of hydrogen-bond donors (Lipinski definition) is 1. The molecule has 1 fully saturated rings. The number of aromatic amines is 1. The van der Waals surface area contributed by atoms with Crippen LogP contribution in [0, 0.1) is 24.7 Å². The number of aryl methyl sites for hydroxylation is 2. The first-order valence-electron chi connectivity index (χ1n) is 15.0. The van der Waals surface area contributed by atoms with E-state index in [4.69, 9.17) is 19.2 Å². The fraction of sp³-hybridized carbons (Fsp3) is 0.529. The molecule has 7 heteroatoms. The summed E-state index contributed by atoms with van der Waals surface area (Å²) in [6.07, 6.45) is 8.24. The highest BCUT2D eigenvalue weighted by molar-refractivity contribution is 5.87. The molecule has 41 heavy (non-hydrogen) atoms. The molecule has 3 unspecified atom stereocenters. The maximum Gasteiger partial charge on any atom is 0.308 e. The number of benzene rings is 2. The number of hydrogen-bond acceptors (Lipinski definition) is 6. The first kappa shape index (κ1) is 29.2. The summed E-state index contributed by atoms with van der Waals surface area (Å²) >= 11 is 0. The molecular formula is C34H45N3O4. The van der Waals surface area contributed by atoms with Crippen molar-refractivity contribution in [3.8, 4) is 11.5 Å². The second-order valence-corrected chi connectivity index (χ2v) is 12.2. The number of carbonyl (C=O) groups excluding carboxylic acids is 1. The van der Waals surface area contributed by atoms with E-state index in [1.54, 1.807) is 14.2 Å². The Morgan fingerprint density at radius 3 is 2.59 bits per heavy atom. The van der Waals surface area contributed by atoms with Crippen molar-refractivity contribution in [3.63, 3.8) is 0 Å². The summed E-state index contributed by atoms with van der Waals surface area (Å²) < 4.78 is 17.5. The van der Waals surface area contributed by atoms with E-state index in [0.29, 0.717) is 17.4 Å². The molecule has 0 spiro atoms. The molecule has 220 valence electrons. The summed E-state index contributed by atoms with van der Waals surface area (Å²) in [4.78, 5) is 23.6. The molecule has 6 rings (SSSR count). The van der Waals surface area contributed by atoms with E-state index < -0.39 is 5.60 Å². The van der Waals surface area contributed by atoms with E-state index >= 15 is 0 Å². The number of methoxy groups -OCH3 is 2. The van der Waals surface area contributed by atoms with Crippen LogP contribution in [-0.2, 0) is 16.0 Å². The van der Waals surface area contributed by atoms with Crippen molar-refractivity contribution >= 4 is 22.6 Å². The lowest BCUT2D eigenvalue weighted by Gasteiger charge is -2.50. The summed E-state index contributed by atoms with van der Waals surface area (Å²) in [5.74, 6) is 2.83. The normalized spacial score (nSPS) is 21.9. The van der Waals surface area contributed by atoms with Gasteiger partial charge in [0, 0.05) is 25.3 Å². The number of nitrogens with zero attached hydrogens (tertiary/aromatic N) is 2. The van der Waals surface area contributed by atoms with Crippen LogP contribution in [0.15, 0.2) is 42.5 Å². The monoisotopic (exact) mass is 559 g/mol. The quantitative estimate of drug-likeness (QED) is 0.252. The van der Waals surface area contributed by atoms with Crippen LogP contribution < -0.4 is 9.47 Å². The molecule has 0 aliphatic heterocycles. The summed E-state index contributed by atoms with van der Waals surface area (Å²) in [5, 5.41) is 0. The number of fused-ring (bicyclic) bond motifs is 3. The fourth-order valence-corrected chi connectivity index (χ4v) is 6.71. The largest absolute Gasteiger partial charge is 0.493 e. The van der Waals surface area contributed by atoms with Crippen LogP contribution in [0.2, 0.25) is 0 Å². The summed E-state index contributed by atoms with van der Waals surface area (Å²) in [6.45, 7) is 7.72. The molecule has 1 aromatic heterocycles. The molecule has 2 bridgehead atoms. The summed E-state index contributed by atoms with van der Waals surface area (Å²) in [5.41, 5.74) is 5.18. The number of esters is 1. The lowest BCUT2D eigenvalue weighted by atomic mass is 9.60. The van der Waals surface area contributed by atoms with E-state index in [0.717, 1.165) is 74.0 Å². The Morgan fingerprint density at radius 1 is 1.15 bits per heavy atom. The first-order valence-corrected chi connectivity index (χ1v) is 15.0. The van der Waals surface area contributed by atoms with Gasteiger partial charge in [-0.3, -0.25) is 4.79 Å². The maximum atomic E-state index is 12.9. The summed E-state index contributed by atoms with van der Waals surface area (Å²) in [7, 11) is 5.48. The van der Waals surface area contributed by atoms with E-state index in [1.165, 1.54) is 11.1 Å². The minimum absolute atomic E-state index is 0.0814. The zero-order valence-corrected chi connectivity index (χ0v) is 25.5. The molecule has 0 saturated heterocycles. The minimum Gasteiger partial charge on any atom is -0.493 e. The lowest BCUT2D eigenvalue weighted by molar-refractivity contribution is -0.176. The topological polar surface area (TPSA) is 76.7 Å². The smallest absolute Gasteiger partial charge is 0.308 e. The van der Waals surface area contributed by atoms with Crippen LogP contribution >= 0.6 is 0 Å². The average Bonchev–Trinajstić information content (AvgIpc) is 3.41. The highest BCUT2D eigenvalue weighted by atomic mass is 16.6. The van der Waals surface area contributed by atoms with E-state index in [9.17, 15) is 4.79 Å². The molecule has 3 aliphatic carbocycles. The number of nitrogens with one attached hydrogen (secondary N) is 1. The number of carbonyl (C=O) groups is 1. The van der Waals surface area contributed by atoms with Gasteiger partial charge in [0.25, 0.3) is 0 Å². The Morgan fingerprint density at radius 2 is 1.93 bits per heavy atom. The third-order valence-corrected chi connectivity index (χ3v) is 9.02. The Bertz CT molecular complexity index is 1400. The number of rotatable bonds is 12. The number of imidazole rings is 1. The first-order chi connectivity index (χ1) is 19.7. The molecule has 0 amide bonds. The second-order valence-electron chi connectivity index (χ2n) is 12.2. The van der Waals surface area contributed by atoms with Gasteiger partial charge in [0.2, 0.25) is 0 Å². The highest BCUT2D eigenvalue weighted by Crippen LogP contribution is 2.53. The fourth-order valence-electron chi connectivity index (χ4n) is 6.71. The van der Waals surface area contributed by atoms with Crippen LogP contribution in [0.1, 0.15) is 62.9 Å². The average molecular weight is 560 g/mol. The van der Waals surface area contributed by atoms with E-state index in [2.05, 4.69) is 53.3 Å². The maximum absolute atomic E-state index is 12.9. The van der Waals surface area contributed by atoms with Crippen molar-refractivity contribution in [3.05, 3.63) is 59.4 Å². The Hall–Kier alpha value is -3.32. The third kappa shape index (κ3) is 6.01. The van der Waals surface area contributed by atoms with Gasteiger partial charge in [0.15, 0.2) is 11.5 Å². The van der Waals surface area contributed by atoms with Gasteiger partial charge in [-0.15, -0.1) is 0 Å². The van der Waals surface area contributed by atoms with Gasteiger partial charge < -0.3 is 24.1 Å². The van der Waals surface area contributed by atoms with Crippen molar-refractivity contribution in [2.45, 2.75) is 64.9 Å². The van der Waals surface area contributed by atoms with E-state index in [1.807, 2.05) is 26.8 Å². The van der Waals surface area contributed by atoms with Gasteiger partial charge in [-0.25, -0.2) is 4.98 Å². The van der Waals surface area contributed by atoms with Crippen molar-refractivity contribution in [1.29, 1.82) is 0 Å². The van der Waals surface area contributed by atoms with Crippen LogP contribution in [0.5, 0.6) is 11.5 Å². The third-order valence-electron chi connectivity index (χ3n) is 9.02. The standard InChI is InChI=1S/C34H45N3O4/c1-22(2)33(38)41-34(21-25-14-15-26(34)20-27(25)24-11-8-7-9-12-24)16-18-37(4)17-10-13-29-35-30-23(3)19-28(39-5)32(40-6)31(30)36-29/h7-9,11-12,19-20,22,25-26H,10,13-18,21H2,1-6H3,(H,35,36). The summed E-state index contributed by atoms with van der Waals surface area (Å²) in [6, 6.07) is 12.7. The minimum atomic E-state index is -0.428. The van der Waals surface area contributed by atoms with Gasteiger partial charge in [0.05, 0.1) is 25.7 Å². The predicted molar refractivity (Wildman–Crippen MR) is 163 cm³/mol. The number of aromatic nitrogens is 2. The molecule has 3 aromatic rings. The molecule has 0 radical (unpaired) electrons. The van der Waals surface area contributed by atoms with Crippen molar-refractivity contribution in [1.82, 2.24) is 14.9 Å². The van der Waals surface area contributed by atoms with E-state index in [-0.39, 0.29) is 17.8 Å². The molecule has 2 aromatic carbocycles. The van der Waals surface area contributed by atoms with Crippen molar-refractivity contribution in [2.75, 3.05) is 34.4 Å². The van der Waals surface area contributed by atoms with Crippen LogP contribution in [0.25, 0.3) is 16.6 Å². The number of H-pyrrole nitrogens is 1. The second kappa shape index (κ2) is 12.3. The molecule has 1 heterocycles. The lowest BCUT2D eigenvalue weighted by Crippen LogP contribution is -2.51. The van der Waals surface area contributed by atoms with Gasteiger partial charge >= 0.3 is 5.97 Å². The van der Waals surface area contributed by atoms with Crippen LogP contribution in [-0.4, -0.2) is 60.8 Å². The van der Waals surface area contributed by atoms with Crippen molar-refractivity contribution < 1.29 is 19.0 Å². The molecule has 7 nitrogen and oxygen atoms in total. The zero-order chi connectivity index (χ0) is 29.1. The van der Waals surface area contributed by atoms with Gasteiger partial charge in [0.1, 0.15) is 16.9 Å². The molecule has 3 atom stereocenters. The number of allylic oxidation sites excluding steroid dienone is 1. The van der Waals surface area contributed by atoms with Crippen LogP contribution in [0.3, 0.4) is 0 Å². The molecule has 3 aliphatic rings. The number of ether oxygens (including phenoxy) is 3. The molecule has 1 saturated carbocycles. The zero-order valence-electron chi connectivity index (χ0n) is 25.5. The van der Waals surface area contributed by atoms with Crippen LogP contribution in [0.4, 0.5) is 0 Å². The Kier molecular flexibility index (Phi) is 8.74. The van der Waals surface area contributed by atoms with Gasteiger partial charge in [-0.05, 0) is 74.9 Å². The Labute approximate surface area is 244 Å². The highest BCUT2D eigenvalue weighted by Gasteiger charge is 2.50. The SMILES string of the molecule is COc1cc(C)c2nc(CCCN(C)CCC3(OC(=O)C(C)C)CC4CCC3C=C4c3ccccc3)[nH]c2c1OC. The van der Waals surface area contributed by atoms with Crippen molar-refractivity contribution in [2.24, 2.45) is 17.8 Å².